The molecule has 9 heteroatoms. The molecular weight excluding hydrogens is 442 g/mol. The number of nitrogens with zero attached hydrogens (tertiary/aromatic N) is 3. The van der Waals surface area contributed by atoms with Gasteiger partial charge < -0.3 is 10.3 Å². The van der Waals surface area contributed by atoms with Crippen molar-refractivity contribution in [3.63, 3.8) is 0 Å². The van der Waals surface area contributed by atoms with Crippen LogP contribution in [0.2, 0.25) is 0 Å². The highest BCUT2D eigenvalue weighted by molar-refractivity contribution is 7.89. The maximum Gasteiger partial charge on any atom is 0.243 e. The van der Waals surface area contributed by atoms with Gasteiger partial charge in [-0.05, 0) is 55.9 Å². The Hall–Kier alpha value is -2.36. The molecule has 0 bridgehead atoms. The lowest BCUT2D eigenvalue weighted by Crippen LogP contribution is -2.41. The molecule has 3 aromatic rings. The number of sulfonamides is 1. The second-order valence-electron chi connectivity index (χ2n) is 8.61. The molecule has 1 aromatic carbocycles. The van der Waals surface area contributed by atoms with Crippen LogP contribution in [-0.4, -0.2) is 51.8 Å². The van der Waals surface area contributed by atoms with Gasteiger partial charge in [-0.25, -0.2) is 18.4 Å². The molecule has 2 aliphatic rings. The van der Waals surface area contributed by atoms with E-state index in [0.29, 0.717) is 24.0 Å². The van der Waals surface area contributed by atoms with Gasteiger partial charge in [-0.2, -0.15) is 4.31 Å². The molecule has 0 saturated carbocycles. The van der Waals surface area contributed by atoms with Crippen molar-refractivity contribution in [2.24, 2.45) is 0 Å². The molecule has 0 spiro atoms. The largest absolute Gasteiger partial charge is 0.377 e. The number of fused-ring (bicyclic) bond motifs is 1. The molecule has 32 heavy (non-hydrogen) atoms. The van der Waals surface area contributed by atoms with Gasteiger partial charge in [-0.1, -0.05) is 30.8 Å². The third-order valence-corrected chi connectivity index (χ3v) is 8.56. The second kappa shape index (κ2) is 8.88. The van der Waals surface area contributed by atoms with E-state index in [9.17, 15) is 8.42 Å². The van der Waals surface area contributed by atoms with Gasteiger partial charge in [0.1, 0.15) is 11.3 Å². The molecule has 0 radical (unpaired) electrons. The Kier molecular flexibility index (Phi) is 5.96. The fraction of sp³-hybridized carbons (Fsp3) is 0.435. The Labute approximate surface area is 193 Å². The van der Waals surface area contributed by atoms with Gasteiger partial charge in [0.25, 0.3) is 0 Å². The Balaban J connectivity index is 1.30. The van der Waals surface area contributed by atoms with Crippen molar-refractivity contribution in [3.05, 3.63) is 42.4 Å². The first-order valence-electron chi connectivity index (χ1n) is 11.2. The zero-order valence-electron chi connectivity index (χ0n) is 17.9. The molecule has 1 atom stereocenters. The predicted molar refractivity (Wildman–Crippen MR) is 129 cm³/mol. The zero-order valence-corrected chi connectivity index (χ0v) is 19.5. The Bertz CT molecular complexity index is 1230. The lowest BCUT2D eigenvalue weighted by atomic mass is 10.1. The number of hydrogen-bond donors (Lipinski definition) is 2. The number of nitrogens with one attached hydrogen (secondary N) is 2. The van der Waals surface area contributed by atoms with Gasteiger partial charge in [-0.3, -0.25) is 0 Å². The second-order valence-corrected chi connectivity index (χ2v) is 11.0. The minimum Gasteiger partial charge on any atom is -0.377 e. The van der Waals surface area contributed by atoms with Gasteiger partial charge in [0.15, 0.2) is 5.65 Å². The van der Waals surface area contributed by atoms with Crippen LogP contribution in [0.3, 0.4) is 0 Å². The summed E-state index contributed by atoms with van der Waals surface area (Å²) >= 11 is 5.38. The van der Waals surface area contributed by atoms with E-state index in [1.54, 1.807) is 18.3 Å². The highest BCUT2D eigenvalue weighted by atomic mass is 32.2. The van der Waals surface area contributed by atoms with Crippen LogP contribution in [0.1, 0.15) is 44.3 Å². The van der Waals surface area contributed by atoms with Crippen molar-refractivity contribution in [1.82, 2.24) is 24.6 Å². The molecule has 7 nitrogen and oxygen atoms in total. The summed E-state index contributed by atoms with van der Waals surface area (Å²) in [5.74, 6) is 0.928. The molecule has 0 amide bonds. The van der Waals surface area contributed by atoms with Gasteiger partial charge in [0, 0.05) is 37.3 Å². The van der Waals surface area contributed by atoms with E-state index >= 15 is 0 Å². The van der Waals surface area contributed by atoms with Crippen molar-refractivity contribution < 1.29 is 8.42 Å². The lowest BCUT2D eigenvalue weighted by molar-refractivity contribution is 0.309. The first-order valence-corrected chi connectivity index (χ1v) is 13.1. The van der Waals surface area contributed by atoms with Crippen molar-refractivity contribution in [2.45, 2.75) is 55.9 Å². The molecule has 2 saturated heterocycles. The molecular formula is C23H27N5O2S2. The van der Waals surface area contributed by atoms with E-state index < -0.39 is 10.0 Å². The highest BCUT2D eigenvalue weighted by Crippen LogP contribution is 2.26. The SMILES string of the molecule is O=S(=O)(c1ccc(-c2cnc3[nH]c(CCC4CCCCC(=S)N4)nc3c2)cc1)N1CCC1. The van der Waals surface area contributed by atoms with Crippen LogP contribution in [0, 0.1) is 0 Å². The van der Waals surface area contributed by atoms with Gasteiger partial charge in [0.2, 0.25) is 10.0 Å². The maximum absolute atomic E-state index is 12.5. The smallest absolute Gasteiger partial charge is 0.243 e. The Morgan fingerprint density at radius 3 is 2.66 bits per heavy atom. The lowest BCUT2D eigenvalue weighted by Gasteiger charge is -2.29. The van der Waals surface area contributed by atoms with Gasteiger partial charge >= 0.3 is 0 Å². The summed E-state index contributed by atoms with van der Waals surface area (Å²) in [6, 6.07) is 9.43. The van der Waals surface area contributed by atoms with Crippen LogP contribution in [0.15, 0.2) is 41.4 Å². The molecule has 1 unspecified atom stereocenters. The number of imidazole rings is 1. The number of benzene rings is 1. The van der Waals surface area contributed by atoms with E-state index in [-0.39, 0.29) is 0 Å². The van der Waals surface area contributed by atoms with Crippen molar-refractivity contribution >= 4 is 38.4 Å². The number of H-pyrrole nitrogens is 1. The zero-order chi connectivity index (χ0) is 22.1. The molecule has 2 fully saturated rings. The topological polar surface area (TPSA) is 91.0 Å². The van der Waals surface area contributed by atoms with Crippen LogP contribution < -0.4 is 5.32 Å². The average molecular weight is 470 g/mol. The number of aromatic nitrogens is 3. The molecule has 2 aromatic heterocycles. The summed E-state index contributed by atoms with van der Waals surface area (Å²) < 4.78 is 26.6. The molecule has 0 aliphatic carbocycles. The van der Waals surface area contributed by atoms with E-state index in [4.69, 9.17) is 17.2 Å². The van der Waals surface area contributed by atoms with Gasteiger partial charge in [0.05, 0.1) is 9.88 Å². The summed E-state index contributed by atoms with van der Waals surface area (Å²) in [7, 11) is -3.37. The number of hydrogen-bond acceptors (Lipinski definition) is 5. The maximum atomic E-state index is 12.5. The standard InChI is InChI=1S/C23H27N5O2S2/c29-32(30,28-12-3-13-28)19-9-6-16(7-10-19)17-14-20-23(24-15-17)27-21(26-20)11-8-18-4-1-2-5-22(31)25-18/h6-7,9-10,14-15,18H,1-5,8,11-13H2,(H,25,31)(H,24,26,27). The normalized spacial score (nSPS) is 20.0. The average Bonchev–Trinajstić information content (AvgIpc) is 3.03. The van der Waals surface area contributed by atoms with Crippen molar-refractivity contribution in [3.8, 4) is 11.1 Å². The Morgan fingerprint density at radius 2 is 1.91 bits per heavy atom. The predicted octanol–water partition coefficient (Wildman–Crippen LogP) is 3.81. The summed E-state index contributed by atoms with van der Waals surface area (Å²) in [6.45, 7) is 1.21. The van der Waals surface area contributed by atoms with Crippen LogP contribution in [-0.2, 0) is 16.4 Å². The third-order valence-electron chi connectivity index (χ3n) is 6.33. The molecule has 168 valence electrons. The minimum atomic E-state index is -3.37. The molecule has 2 N–H and O–H groups in total. The quantitative estimate of drug-likeness (QED) is 0.534. The fourth-order valence-corrected chi connectivity index (χ4v) is 6.12. The van der Waals surface area contributed by atoms with Crippen LogP contribution in [0.4, 0.5) is 0 Å². The summed E-state index contributed by atoms with van der Waals surface area (Å²) in [5, 5.41) is 3.47. The summed E-state index contributed by atoms with van der Waals surface area (Å²) in [6.07, 6.45) is 9.08. The fourth-order valence-electron chi connectivity index (χ4n) is 4.29. The number of aryl methyl sites for hydroxylation is 1. The highest BCUT2D eigenvalue weighted by Gasteiger charge is 2.29. The summed E-state index contributed by atoms with van der Waals surface area (Å²) in [5.41, 5.74) is 3.42. The van der Waals surface area contributed by atoms with Crippen molar-refractivity contribution in [1.29, 1.82) is 0 Å². The number of aromatic amines is 1. The van der Waals surface area contributed by atoms with Crippen LogP contribution >= 0.6 is 12.2 Å². The molecule has 5 rings (SSSR count). The first kappa shape index (κ1) is 21.5. The molecule has 4 heterocycles. The molecule has 2 aliphatic heterocycles. The van der Waals surface area contributed by atoms with E-state index in [0.717, 1.165) is 65.2 Å². The van der Waals surface area contributed by atoms with Crippen molar-refractivity contribution in [2.75, 3.05) is 13.1 Å². The monoisotopic (exact) mass is 469 g/mol. The van der Waals surface area contributed by atoms with E-state index in [2.05, 4.69) is 15.3 Å². The minimum absolute atomic E-state index is 0.337. The van der Waals surface area contributed by atoms with Crippen LogP contribution in [0.5, 0.6) is 0 Å². The van der Waals surface area contributed by atoms with E-state index in [1.165, 1.54) is 17.1 Å². The van der Waals surface area contributed by atoms with Gasteiger partial charge in [-0.15, -0.1) is 0 Å². The van der Waals surface area contributed by atoms with E-state index in [1.807, 2.05) is 18.2 Å². The van der Waals surface area contributed by atoms with Crippen LogP contribution in [0.25, 0.3) is 22.3 Å². The third kappa shape index (κ3) is 4.42. The Morgan fingerprint density at radius 1 is 1.09 bits per heavy atom. The summed E-state index contributed by atoms with van der Waals surface area (Å²) in [4.78, 5) is 13.9. The number of thiocarbonyl (C=S) groups is 1. The number of pyridine rings is 1. The first-order chi connectivity index (χ1) is 15.5. The number of rotatable bonds is 6.